The van der Waals surface area contributed by atoms with Crippen molar-refractivity contribution in [3.05, 3.63) is 17.3 Å². The molecule has 1 heterocycles. The predicted octanol–water partition coefficient (Wildman–Crippen LogP) is 1.61. The third kappa shape index (κ3) is 3.80. The highest BCUT2D eigenvalue weighted by atomic mass is 32.1. The lowest BCUT2D eigenvalue weighted by Crippen LogP contribution is -2.37. The lowest BCUT2D eigenvalue weighted by atomic mass is 10.0. The zero-order valence-electron chi connectivity index (χ0n) is 10.9. The number of carbonyl (C=O) groups excluding carboxylic acids is 1. The Hall–Kier alpha value is -1.43. The zero-order valence-corrected chi connectivity index (χ0v) is 11.8. The van der Waals surface area contributed by atoms with E-state index in [4.69, 9.17) is 22.4 Å². The number of carbonyl (C=O) groups is 1. The number of hydrogen-bond donors (Lipinski definition) is 2. The average molecular weight is 269 g/mol. The van der Waals surface area contributed by atoms with Crippen molar-refractivity contribution in [2.75, 3.05) is 0 Å². The van der Waals surface area contributed by atoms with E-state index in [1.54, 1.807) is 0 Å². The molecule has 1 aromatic heterocycles. The molecule has 0 bridgehead atoms. The minimum Gasteiger partial charge on any atom is -0.444 e. The molecule has 100 valence electrons. The second-order valence-corrected chi connectivity index (χ2v) is 4.68. The van der Waals surface area contributed by atoms with Crippen LogP contribution in [-0.4, -0.2) is 15.9 Å². The standard InChI is InChI=1S/C12H19N3O2S/c1-4-5-9(11(13)18)12(16)14-6-10-15-7(2)8(3)17-10/h9H,4-6H2,1-3H3,(H2,13,18)(H,14,16). The zero-order chi connectivity index (χ0) is 13.7. The van der Waals surface area contributed by atoms with Crippen molar-refractivity contribution in [2.24, 2.45) is 11.7 Å². The first-order valence-electron chi connectivity index (χ1n) is 5.95. The van der Waals surface area contributed by atoms with E-state index in [-0.39, 0.29) is 17.4 Å². The molecule has 18 heavy (non-hydrogen) atoms. The molecule has 6 heteroatoms. The van der Waals surface area contributed by atoms with Gasteiger partial charge in [0, 0.05) is 0 Å². The Bertz CT molecular complexity index is 423. The van der Waals surface area contributed by atoms with Gasteiger partial charge in [0.05, 0.1) is 23.1 Å². The SMILES string of the molecule is CCCC(C(=O)NCc1nc(C)c(C)o1)C(N)=S. The third-order valence-electron chi connectivity index (χ3n) is 2.72. The number of nitrogens with two attached hydrogens (primary N) is 1. The van der Waals surface area contributed by atoms with Crippen molar-refractivity contribution >= 4 is 23.1 Å². The lowest BCUT2D eigenvalue weighted by molar-refractivity contribution is -0.123. The van der Waals surface area contributed by atoms with Crippen molar-refractivity contribution in [3.63, 3.8) is 0 Å². The first kappa shape index (κ1) is 14.6. The molecule has 1 atom stereocenters. The van der Waals surface area contributed by atoms with E-state index in [0.29, 0.717) is 12.3 Å². The van der Waals surface area contributed by atoms with Crippen molar-refractivity contribution in [3.8, 4) is 0 Å². The fourth-order valence-electron chi connectivity index (χ4n) is 1.59. The van der Waals surface area contributed by atoms with E-state index in [1.807, 2.05) is 20.8 Å². The first-order valence-corrected chi connectivity index (χ1v) is 6.36. The second-order valence-electron chi connectivity index (χ2n) is 4.21. The van der Waals surface area contributed by atoms with Gasteiger partial charge in [0.2, 0.25) is 11.8 Å². The molecule has 0 saturated heterocycles. The van der Waals surface area contributed by atoms with E-state index in [1.165, 1.54) is 0 Å². The Kier molecular flexibility index (Phi) is 5.27. The van der Waals surface area contributed by atoms with Gasteiger partial charge in [-0.05, 0) is 20.3 Å². The van der Waals surface area contributed by atoms with Gasteiger partial charge < -0.3 is 15.5 Å². The van der Waals surface area contributed by atoms with Crippen LogP contribution in [0.25, 0.3) is 0 Å². The highest BCUT2D eigenvalue weighted by Gasteiger charge is 2.20. The smallest absolute Gasteiger partial charge is 0.230 e. The molecule has 0 fully saturated rings. The molecule has 0 aliphatic rings. The summed E-state index contributed by atoms with van der Waals surface area (Å²) in [6.45, 7) is 5.94. The fourth-order valence-corrected chi connectivity index (χ4v) is 1.82. The Morgan fingerprint density at radius 3 is 2.67 bits per heavy atom. The van der Waals surface area contributed by atoms with E-state index in [0.717, 1.165) is 17.9 Å². The van der Waals surface area contributed by atoms with Crippen LogP contribution in [0.1, 0.15) is 37.1 Å². The first-order chi connectivity index (χ1) is 8.45. The molecule has 0 radical (unpaired) electrons. The van der Waals surface area contributed by atoms with Crippen LogP contribution in [0.4, 0.5) is 0 Å². The number of nitrogens with one attached hydrogen (secondary N) is 1. The van der Waals surface area contributed by atoms with Crippen LogP contribution in [0.3, 0.4) is 0 Å². The van der Waals surface area contributed by atoms with Gasteiger partial charge in [0.1, 0.15) is 5.76 Å². The lowest BCUT2D eigenvalue weighted by Gasteiger charge is -2.13. The summed E-state index contributed by atoms with van der Waals surface area (Å²) >= 11 is 4.89. The molecule has 1 rings (SSSR count). The number of thiocarbonyl (C=S) groups is 1. The molecule has 1 unspecified atom stereocenters. The van der Waals surface area contributed by atoms with Crippen LogP contribution >= 0.6 is 12.2 Å². The summed E-state index contributed by atoms with van der Waals surface area (Å²) < 4.78 is 5.37. The molecule has 0 aliphatic carbocycles. The number of rotatable bonds is 6. The van der Waals surface area contributed by atoms with E-state index < -0.39 is 5.92 Å². The van der Waals surface area contributed by atoms with Crippen LogP contribution in [0.15, 0.2) is 4.42 Å². The van der Waals surface area contributed by atoms with E-state index >= 15 is 0 Å². The predicted molar refractivity (Wildman–Crippen MR) is 73.0 cm³/mol. The maximum Gasteiger partial charge on any atom is 0.230 e. The van der Waals surface area contributed by atoms with Crippen LogP contribution in [0, 0.1) is 19.8 Å². The number of amides is 1. The van der Waals surface area contributed by atoms with Gasteiger partial charge in [-0.1, -0.05) is 25.6 Å². The van der Waals surface area contributed by atoms with Gasteiger partial charge in [-0.3, -0.25) is 4.79 Å². The summed E-state index contributed by atoms with van der Waals surface area (Å²) in [6.07, 6.45) is 1.51. The maximum absolute atomic E-state index is 11.9. The summed E-state index contributed by atoms with van der Waals surface area (Å²) in [7, 11) is 0. The second kappa shape index (κ2) is 6.49. The van der Waals surface area contributed by atoms with Crippen molar-refractivity contribution < 1.29 is 9.21 Å². The van der Waals surface area contributed by atoms with Gasteiger partial charge >= 0.3 is 0 Å². The number of oxazole rings is 1. The van der Waals surface area contributed by atoms with Crippen LogP contribution in [0.2, 0.25) is 0 Å². The summed E-state index contributed by atoms with van der Waals surface area (Å²) in [5, 5.41) is 2.74. The van der Waals surface area contributed by atoms with Gasteiger partial charge in [-0.15, -0.1) is 0 Å². The highest BCUT2D eigenvalue weighted by Crippen LogP contribution is 2.10. The van der Waals surface area contributed by atoms with Crippen molar-refractivity contribution in [1.82, 2.24) is 10.3 Å². The molecule has 0 spiro atoms. The van der Waals surface area contributed by atoms with Gasteiger partial charge in [0.25, 0.3) is 0 Å². The molecular formula is C12H19N3O2S. The van der Waals surface area contributed by atoms with E-state index in [9.17, 15) is 4.79 Å². The Balaban J connectivity index is 2.56. The number of hydrogen-bond acceptors (Lipinski definition) is 4. The molecule has 0 aromatic carbocycles. The minimum absolute atomic E-state index is 0.169. The highest BCUT2D eigenvalue weighted by molar-refractivity contribution is 7.80. The van der Waals surface area contributed by atoms with Crippen LogP contribution < -0.4 is 11.1 Å². The maximum atomic E-state index is 11.9. The van der Waals surface area contributed by atoms with Crippen molar-refractivity contribution in [2.45, 2.75) is 40.2 Å². The molecular weight excluding hydrogens is 250 g/mol. The number of aromatic nitrogens is 1. The van der Waals surface area contributed by atoms with Gasteiger partial charge in [-0.2, -0.15) is 0 Å². The van der Waals surface area contributed by atoms with Gasteiger partial charge in [-0.25, -0.2) is 4.98 Å². The molecule has 0 aliphatic heterocycles. The molecule has 1 amide bonds. The number of nitrogens with zero attached hydrogens (tertiary/aromatic N) is 1. The molecule has 3 N–H and O–H groups in total. The summed E-state index contributed by atoms with van der Waals surface area (Å²) in [6, 6.07) is 0. The van der Waals surface area contributed by atoms with Gasteiger partial charge in [0.15, 0.2) is 0 Å². The van der Waals surface area contributed by atoms with Crippen LogP contribution in [-0.2, 0) is 11.3 Å². The Morgan fingerprint density at radius 2 is 2.22 bits per heavy atom. The number of aryl methyl sites for hydroxylation is 2. The molecule has 0 saturated carbocycles. The Morgan fingerprint density at radius 1 is 1.56 bits per heavy atom. The molecule has 1 aromatic rings. The quantitative estimate of drug-likeness (QED) is 0.767. The third-order valence-corrected chi connectivity index (χ3v) is 3.01. The summed E-state index contributed by atoms with van der Waals surface area (Å²) in [5.41, 5.74) is 6.38. The average Bonchev–Trinajstić information content (AvgIpc) is 2.62. The Labute approximate surface area is 112 Å². The monoisotopic (exact) mass is 269 g/mol. The van der Waals surface area contributed by atoms with Crippen LogP contribution in [0.5, 0.6) is 0 Å². The van der Waals surface area contributed by atoms with Crippen molar-refractivity contribution in [1.29, 1.82) is 0 Å². The normalized spacial score (nSPS) is 12.2. The summed E-state index contributed by atoms with van der Waals surface area (Å²) in [4.78, 5) is 16.3. The molecule has 5 nitrogen and oxygen atoms in total. The summed E-state index contributed by atoms with van der Waals surface area (Å²) in [5.74, 6) is 0.676. The topological polar surface area (TPSA) is 81.2 Å². The minimum atomic E-state index is -0.415. The largest absolute Gasteiger partial charge is 0.444 e. The fraction of sp³-hybridized carbons (Fsp3) is 0.583. The van der Waals surface area contributed by atoms with E-state index in [2.05, 4.69) is 10.3 Å².